The molecule has 0 radical (unpaired) electrons. The van der Waals surface area contributed by atoms with Gasteiger partial charge in [0.1, 0.15) is 0 Å². The largest absolute Gasteiger partial charge is 0.328 e. The van der Waals surface area contributed by atoms with E-state index < -0.39 is 0 Å². The van der Waals surface area contributed by atoms with Gasteiger partial charge in [-0.1, -0.05) is 6.58 Å². The van der Waals surface area contributed by atoms with E-state index in [0.29, 0.717) is 19.6 Å². The lowest BCUT2D eigenvalue weighted by atomic mass is 10.3. The van der Waals surface area contributed by atoms with E-state index in [1.165, 1.54) is 0 Å². The zero-order valence-electron chi connectivity index (χ0n) is 7.86. The maximum absolute atomic E-state index is 11.5. The summed E-state index contributed by atoms with van der Waals surface area (Å²) in [5.74, 6) is 0. The van der Waals surface area contributed by atoms with E-state index in [1.54, 1.807) is 21.5 Å². The number of nitrogens with two attached hydrogens (primary N) is 1. The molecule has 4 heteroatoms. The molecule has 0 fully saturated rings. The Morgan fingerprint density at radius 3 is 2.62 bits per heavy atom. The molecule has 1 rings (SSSR count). The van der Waals surface area contributed by atoms with Crippen molar-refractivity contribution in [2.45, 2.75) is 20.0 Å². The molecule has 72 valence electrons. The molecule has 4 nitrogen and oxygen atoms in total. The van der Waals surface area contributed by atoms with Crippen LogP contribution in [0, 0.1) is 0 Å². The fraction of sp³-hybridized carbons (Fsp3) is 0.444. The van der Waals surface area contributed by atoms with Gasteiger partial charge in [-0.3, -0.25) is 9.13 Å². The van der Waals surface area contributed by atoms with Gasteiger partial charge in [0, 0.05) is 32.0 Å². The summed E-state index contributed by atoms with van der Waals surface area (Å²) < 4.78 is 3.25. The van der Waals surface area contributed by atoms with Gasteiger partial charge in [-0.2, -0.15) is 0 Å². The van der Waals surface area contributed by atoms with Crippen LogP contribution in [0.2, 0.25) is 0 Å². The van der Waals surface area contributed by atoms with E-state index in [4.69, 9.17) is 5.73 Å². The Labute approximate surface area is 77.3 Å². The highest BCUT2D eigenvalue weighted by atomic mass is 16.1. The van der Waals surface area contributed by atoms with Gasteiger partial charge in [-0.15, -0.1) is 0 Å². The first-order valence-electron chi connectivity index (χ1n) is 4.31. The van der Waals surface area contributed by atoms with Crippen molar-refractivity contribution in [2.24, 2.45) is 5.73 Å². The number of aryl methyl sites for hydroxylation is 1. The fourth-order valence-corrected chi connectivity index (χ4v) is 1.12. The van der Waals surface area contributed by atoms with Crippen molar-refractivity contribution in [1.82, 2.24) is 9.13 Å². The Morgan fingerprint density at radius 2 is 2.15 bits per heavy atom. The zero-order valence-corrected chi connectivity index (χ0v) is 7.86. The molecule has 2 N–H and O–H groups in total. The van der Waals surface area contributed by atoms with Crippen LogP contribution < -0.4 is 11.4 Å². The van der Waals surface area contributed by atoms with Crippen molar-refractivity contribution in [3.05, 3.63) is 35.0 Å². The summed E-state index contributed by atoms with van der Waals surface area (Å²) in [5.41, 5.74) is 6.24. The molecule has 13 heavy (non-hydrogen) atoms. The van der Waals surface area contributed by atoms with E-state index in [-0.39, 0.29) is 5.69 Å². The smallest absolute Gasteiger partial charge is 0.327 e. The van der Waals surface area contributed by atoms with Crippen LogP contribution in [-0.4, -0.2) is 15.7 Å². The van der Waals surface area contributed by atoms with Gasteiger partial charge in [0.15, 0.2) is 0 Å². The molecular weight excluding hydrogens is 166 g/mol. The summed E-state index contributed by atoms with van der Waals surface area (Å²) in [6.07, 6.45) is 3.53. The Hall–Kier alpha value is -1.29. The molecule has 0 aromatic carbocycles. The minimum Gasteiger partial charge on any atom is -0.327 e. The molecule has 0 amide bonds. The Kier molecular flexibility index (Phi) is 3.08. The van der Waals surface area contributed by atoms with Crippen LogP contribution in [0.15, 0.2) is 29.3 Å². The minimum absolute atomic E-state index is 0.00269. The van der Waals surface area contributed by atoms with Crippen molar-refractivity contribution in [3.8, 4) is 0 Å². The molecule has 1 aromatic rings. The highest BCUT2D eigenvalue weighted by Crippen LogP contribution is 1.92. The van der Waals surface area contributed by atoms with Crippen molar-refractivity contribution in [1.29, 1.82) is 0 Å². The average molecular weight is 181 g/mol. The molecule has 0 aliphatic rings. The molecule has 0 spiro atoms. The van der Waals surface area contributed by atoms with Crippen LogP contribution >= 0.6 is 0 Å². The fourth-order valence-electron chi connectivity index (χ4n) is 1.12. The molecule has 0 saturated heterocycles. The quantitative estimate of drug-likeness (QED) is 0.674. The van der Waals surface area contributed by atoms with E-state index in [0.717, 1.165) is 5.57 Å². The Bertz CT molecular complexity index is 348. The van der Waals surface area contributed by atoms with Crippen LogP contribution in [-0.2, 0) is 13.1 Å². The SMILES string of the molecule is C=C(CN)Cn1ccn(CC)c1=O. The molecule has 0 saturated carbocycles. The van der Waals surface area contributed by atoms with E-state index in [9.17, 15) is 4.79 Å². The summed E-state index contributed by atoms with van der Waals surface area (Å²) in [6.45, 7) is 7.32. The molecule has 0 atom stereocenters. The molecule has 0 aliphatic carbocycles. The summed E-state index contributed by atoms with van der Waals surface area (Å²) in [6, 6.07) is 0. The van der Waals surface area contributed by atoms with E-state index in [1.807, 2.05) is 6.92 Å². The Morgan fingerprint density at radius 1 is 1.54 bits per heavy atom. The number of nitrogens with zero attached hydrogens (tertiary/aromatic N) is 2. The lowest BCUT2D eigenvalue weighted by Gasteiger charge is -2.01. The van der Waals surface area contributed by atoms with Gasteiger partial charge < -0.3 is 5.73 Å². The summed E-state index contributed by atoms with van der Waals surface area (Å²) >= 11 is 0. The van der Waals surface area contributed by atoms with Crippen LogP contribution in [0.4, 0.5) is 0 Å². The second-order valence-corrected chi connectivity index (χ2v) is 2.95. The van der Waals surface area contributed by atoms with Crippen LogP contribution in [0.25, 0.3) is 0 Å². The molecule has 0 unspecified atom stereocenters. The normalized spacial score (nSPS) is 10.3. The second kappa shape index (κ2) is 4.09. The zero-order chi connectivity index (χ0) is 9.84. The molecular formula is C9H15N3O. The summed E-state index contributed by atoms with van der Waals surface area (Å²) in [7, 11) is 0. The number of rotatable bonds is 4. The van der Waals surface area contributed by atoms with Crippen molar-refractivity contribution in [2.75, 3.05) is 6.54 Å². The van der Waals surface area contributed by atoms with Gasteiger partial charge in [0.05, 0.1) is 0 Å². The topological polar surface area (TPSA) is 52.9 Å². The predicted octanol–water partition coefficient (Wildman–Crippen LogP) is 0.185. The Balaban J connectivity index is 2.84. The number of aromatic nitrogens is 2. The van der Waals surface area contributed by atoms with Gasteiger partial charge >= 0.3 is 5.69 Å². The first-order chi connectivity index (χ1) is 6.19. The molecule has 0 aliphatic heterocycles. The summed E-state index contributed by atoms with van der Waals surface area (Å²) in [4.78, 5) is 11.5. The van der Waals surface area contributed by atoms with Crippen LogP contribution in [0.3, 0.4) is 0 Å². The summed E-state index contributed by atoms with van der Waals surface area (Å²) in [5, 5.41) is 0. The molecule has 1 heterocycles. The average Bonchev–Trinajstić information content (AvgIpc) is 2.48. The highest BCUT2D eigenvalue weighted by Gasteiger charge is 2.01. The third-order valence-electron chi connectivity index (χ3n) is 1.94. The number of hydrogen-bond acceptors (Lipinski definition) is 2. The highest BCUT2D eigenvalue weighted by molar-refractivity contribution is 4.97. The van der Waals surface area contributed by atoms with E-state index >= 15 is 0 Å². The van der Waals surface area contributed by atoms with Gasteiger partial charge in [-0.25, -0.2) is 4.79 Å². The number of imidazole rings is 1. The lowest BCUT2D eigenvalue weighted by Crippen LogP contribution is -2.25. The maximum atomic E-state index is 11.5. The van der Waals surface area contributed by atoms with Crippen molar-refractivity contribution < 1.29 is 0 Å². The number of hydrogen-bond donors (Lipinski definition) is 1. The first kappa shape index (κ1) is 9.80. The van der Waals surface area contributed by atoms with Crippen LogP contribution in [0.5, 0.6) is 0 Å². The van der Waals surface area contributed by atoms with Gasteiger partial charge in [0.2, 0.25) is 0 Å². The van der Waals surface area contributed by atoms with Crippen molar-refractivity contribution >= 4 is 0 Å². The maximum Gasteiger partial charge on any atom is 0.328 e. The minimum atomic E-state index is -0.00269. The van der Waals surface area contributed by atoms with Gasteiger partial charge in [-0.05, 0) is 12.5 Å². The third-order valence-corrected chi connectivity index (χ3v) is 1.94. The standard InChI is InChI=1S/C9H15N3O/c1-3-11-4-5-12(9(11)13)7-8(2)6-10/h4-5H,2-3,6-7,10H2,1H3. The predicted molar refractivity (Wildman–Crippen MR) is 52.6 cm³/mol. The van der Waals surface area contributed by atoms with Gasteiger partial charge in [0.25, 0.3) is 0 Å². The lowest BCUT2D eigenvalue weighted by molar-refractivity contribution is 0.661. The third kappa shape index (κ3) is 2.09. The molecule has 0 bridgehead atoms. The van der Waals surface area contributed by atoms with E-state index in [2.05, 4.69) is 6.58 Å². The van der Waals surface area contributed by atoms with Crippen LogP contribution in [0.1, 0.15) is 6.92 Å². The monoisotopic (exact) mass is 181 g/mol. The second-order valence-electron chi connectivity index (χ2n) is 2.95. The first-order valence-corrected chi connectivity index (χ1v) is 4.31. The molecule has 1 aromatic heterocycles. The van der Waals surface area contributed by atoms with Crippen molar-refractivity contribution in [3.63, 3.8) is 0 Å².